The molecule has 0 aromatic heterocycles. The van der Waals surface area contributed by atoms with Crippen LogP contribution in [0.2, 0.25) is 0 Å². The lowest BCUT2D eigenvalue weighted by atomic mass is 10.0. The van der Waals surface area contributed by atoms with E-state index < -0.39 is 6.09 Å². The molecule has 1 aromatic carbocycles. The Morgan fingerprint density at radius 2 is 1.94 bits per heavy atom. The molecule has 0 saturated heterocycles. The molecule has 0 bridgehead atoms. The Balaban J connectivity index is 3.24. The number of carbonyl (C=O) groups excluding carboxylic acids is 2. The fraction of sp³-hybridized carbons (Fsp3) is 0.167. The minimum atomic E-state index is -0.891. The predicted octanol–water partition coefficient (Wildman–Crippen LogP) is 2.38. The third-order valence-corrected chi connectivity index (χ3v) is 2.06. The van der Waals surface area contributed by atoms with Crippen LogP contribution in [0.25, 0.3) is 5.57 Å². The van der Waals surface area contributed by atoms with E-state index in [1.165, 1.54) is 13.0 Å². The number of nitrogens with two attached hydrogens (primary N) is 1. The molecule has 0 spiro atoms. The molecular weight excluding hydrogens is 206 g/mol. The van der Waals surface area contributed by atoms with Gasteiger partial charge in [-0.15, -0.1) is 0 Å². The first-order valence-electron chi connectivity index (χ1n) is 4.70. The molecule has 0 aliphatic heterocycles. The van der Waals surface area contributed by atoms with Crippen molar-refractivity contribution in [1.29, 1.82) is 0 Å². The Bertz CT molecular complexity index is 463. The molecule has 0 saturated carbocycles. The van der Waals surface area contributed by atoms with Crippen molar-refractivity contribution in [3.63, 3.8) is 0 Å². The van der Waals surface area contributed by atoms with E-state index in [0.29, 0.717) is 22.4 Å². The lowest BCUT2D eigenvalue weighted by molar-refractivity contribution is 0.101. The first-order chi connectivity index (χ1) is 7.41. The molecule has 84 valence electrons. The van der Waals surface area contributed by atoms with Crippen LogP contribution in [0.4, 0.5) is 4.79 Å². The van der Waals surface area contributed by atoms with Crippen molar-refractivity contribution in [1.82, 2.24) is 0 Å². The van der Waals surface area contributed by atoms with Crippen molar-refractivity contribution in [3.8, 4) is 5.75 Å². The fourth-order valence-electron chi connectivity index (χ4n) is 1.28. The number of primary amides is 1. The summed E-state index contributed by atoms with van der Waals surface area (Å²) in [5, 5.41) is 0. The van der Waals surface area contributed by atoms with E-state index in [-0.39, 0.29) is 5.78 Å². The van der Waals surface area contributed by atoms with Gasteiger partial charge in [0.25, 0.3) is 0 Å². The summed E-state index contributed by atoms with van der Waals surface area (Å²) in [4.78, 5) is 21.9. The van der Waals surface area contributed by atoms with Crippen LogP contribution in [0.15, 0.2) is 24.8 Å². The van der Waals surface area contributed by atoms with Crippen LogP contribution in [-0.4, -0.2) is 11.9 Å². The first-order valence-corrected chi connectivity index (χ1v) is 4.70. The molecule has 0 heterocycles. The molecule has 0 unspecified atom stereocenters. The number of Topliss-reactive ketones (excluding diaryl/α,β-unsaturated/α-hetero) is 1. The van der Waals surface area contributed by atoms with Gasteiger partial charge >= 0.3 is 6.09 Å². The topological polar surface area (TPSA) is 69.4 Å². The van der Waals surface area contributed by atoms with E-state index in [2.05, 4.69) is 6.58 Å². The van der Waals surface area contributed by atoms with Crippen molar-refractivity contribution in [2.75, 3.05) is 0 Å². The molecular formula is C12H13NO3. The number of carbonyl (C=O) groups is 2. The number of benzene rings is 1. The molecule has 0 aliphatic rings. The van der Waals surface area contributed by atoms with Crippen LogP contribution in [0.1, 0.15) is 29.8 Å². The zero-order valence-corrected chi connectivity index (χ0v) is 9.24. The van der Waals surface area contributed by atoms with Gasteiger partial charge in [-0.2, -0.15) is 0 Å². The van der Waals surface area contributed by atoms with Gasteiger partial charge in [0.2, 0.25) is 0 Å². The van der Waals surface area contributed by atoms with Crippen molar-refractivity contribution in [2.45, 2.75) is 13.8 Å². The van der Waals surface area contributed by atoms with Crippen LogP contribution in [0.3, 0.4) is 0 Å². The number of ether oxygens (including phenoxy) is 1. The Hall–Kier alpha value is -2.10. The molecule has 1 aromatic rings. The van der Waals surface area contributed by atoms with Crippen LogP contribution < -0.4 is 10.5 Å². The van der Waals surface area contributed by atoms with Crippen LogP contribution >= 0.6 is 0 Å². The van der Waals surface area contributed by atoms with E-state index in [9.17, 15) is 9.59 Å². The van der Waals surface area contributed by atoms with Crippen molar-refractivity contribution in [2.24, 2.45) is 5.73 Å². The van der Waals surface area contributed by atoms with Gasteiger partial charge in [0.05, 0.1) is 0 Å². The SMILES string of the molecule is C=C(C)c1cc(C(C)=O)ccc1OC(N)=O. The summed E-state index contributed by atoms with van der Waals surface area (Å²) in [5.74, 6) is 0.248. The molecule has 0 radical (unpaired) electrons. The third-order valence-electron chi connectivity index (χ3n) is 2.06. The van der Waals surface area contributed by atoms with E-state index in [4.69, 9.17) is 10.5 Å². The highest BCUT2D eigenvalue weighted by atomic mass is 16.5. The van der Waals surface area contributed by atoms with Gasteiger partial charge in [-0.25, -0.2) is 4.79 Å². The van der Waals surface area contributed by atoms with Crippen molar-refractivity contribution in [3.05, 3.63) is 35.9 Å². The Morgan fingerprint density at radius 1 is 1.31 bits per heavy atom. The van der Waals surface area contributed by atoms with E-state index in [1.807, 2.05) is 0 Å². The molecule has 2 N–H and O–H groups in total. The smallest absolute Gasteiger partial charge is 0.409 e. The number of allylic oxidation sites excluding steroid dienone is 1. The third kappa shape index (κ3) is 2.70. The average Bonchev–Trinajstić information content (AvgIpc) is 2.16. The number of hydrogen-bond donors (Lipinski definition) is 1. The molecule has 0 atom stereocenters. The monoisotopic (exact) mass is 219 g/mol. The highest BCUT2D eigenvalue weighted by Gasteiger charge is 2.10. The highest BCUT2D eigenvalue weighted by molar-refractivity contribution is 5.95. The normalized spacial score (nSPS) is 9.62. The van der Waals surface area contributed by atoms with Crippen LogP contribution in [-0.2, 0) is 0 Å². The van der Waals surface area contributed by atoms with Crippen LogP contribution in [0, 0.1) is 0 Å². The lowest BCUT2D eigenvalue weighted by Crippen LogP contribution is -2.17. The standard InChI is InChI=1S/C12H13NO3/c1-7(2)10-6-9(8(3)14)4-5-11(10)16-12(13)15/h4-6H,1H2,2-3H3,(H2,13,15). The number of amides is 1. The first kappa shape index (κ1) is 12.0. The largest absolute Gasteiger partial charge is 0.410 e. The molecule has 0 aliphatic carbocycles. The van der Waals surface area contributed by atoms with Gasteiger partial charge in [-0.1, -0.05) is 6.58 Å². The van der Waals surface area contributed by atoms with Gasteiger partial charge in [0.1, 0.15) is 5.75 Å². The summed E-state index contributed by atoms with van der Waals surface area (Å²) in [6.07, 6.45) is -0.891. The Morgan fingerprint density at radius 3 is 2.38 bits per heavy atom. The number of ketones is 1. The van der Waals surface area contributed by atoms with Gasteiger partial charge in [0, 0.05) is 11.1 Å². The van der Waals surface area contributed by atoms with Gasteiger partial charge in [0.15, 0.2) is 5.78 Å². The Labute approximate surface area is 93.7 Å². The summed E-state index contributed by atoms with van der Waals surface area (Å²) in [6, 6.07) is 4.74. The van der Waals surface area contributed by atoms with E-state index in [1.54, 1.807) is 19.1 Å². The summed E-state index contributed by atoms with van der Waals surface area (Å²) in [5.41, 5.74) is 6.77. The number of rotatable bonds is 3. The fourth-order valence-corrected chi connectivity index (χ4v) is 1.28. The second-order valence-corrected chi connectivity index (χ2v) is 3.47. The van der Waals surface area contributed by atoms with Gasteiger partial charge < -0.3 is 10.5 Å². The number of hydrogen-bond acceptors (Lipinski definition) is 3. The summed E-state index contributed by atoms with van der Waals surface area (Å²) in [6.45, 7) is 6.97. The van der Waals surface area contributed by atoms with Crippen molar-refractivity contribution >= 4 is 17.4 Å². The maximum Gasteiger partial charge on any atom is 0.409 e. The summed E-state index contributed by atoms with van der Waals surface area (Å²) < 4.78 is 4.81. The van der Waals surface area contributed by atoms with Gasteiger partial charge in [-0.3, -0.25) is 4.79 Å². The molecule has 4 nitrogen and oxygen atoms in total. The molecule has 1 amide bonds. The molecule has 16 heavy (non-hydrogen) atoms. The Kier molecular flexibility index (Phi) is 3.45. The lowest BCUT2D eigenvalue weighted by Gasteiger charge is -2.09. The van der Waals surface area contributed by atoms with E-state index >= 15 is 0 Å². The maximum absolute atomic E-state index is 11.2. The summed E-state index contributed by atoms with van der Waals surface area (Å²) >= 11 is 0. The quantitative estimate of drug-likeness (QED) is 0.793. The second-order valence-electron chi connectivity index (χ2n) is 3.47. The zero-order chi connectivity index (χ0) is 12.3. The minimum Gasteiger partial charge on any atom is -0.410 e. The second kappa shape index (κ2) is 4.61. The average molecular weight is 219 g/mol. The highest BCUT2D eigenvalue weighted by Crippen LogP contribution is 2.26. The van der Waals surface area contributed by atoms with Crippen LogP contribution in [0.5, 0.6) is 5.75 Å². The zero-order valence-electron chi connectivity index (χ0n) is 9.24. The molecule has 4 heteroatoms. The maximum atomic E-state index is 11.2. The predicted molar refractivity (Wildman–Crippen MR) is 61.4 cm³/mol. The molecule has 0 fully saturated rings. The van der Waals surface area contributed by atoms with Crippen molar-refractivity contribution < 1.29 is 14.3 Å². The van der Waals surface area contributed by atoms with Gasteiger partial charge in [-0.05, 0) is 37.6 Å². The summed E-state index contributed by atoms with van der Waals surface area (Å²) in [7, 11) is 0. The van der Waals surface area contributed by atoms with E-state index in [0.717, 1.165) is 0 Å². The minimum absolute atomic E-state index is 0.0619. The molecule has 1 rings (SSSR count).